The minimum atomic E-state index is -0.277. The molecule has 0 saturated heterocycles. The maximum Gasteiger partial charge on any atom is 0.337 e. The van der Waals surface area contributed by atoms with Crippen molar-refractivity contribution in [1.29, 1.82) is 0 Å². The number of nitrogens with one attached hydrogen (secondary N) is 1. The highest BCUT2D eigenvalue weighted by Crippen LogP contribution is 2.61. The Morgan fingerprint density at radius 2 is 1.67 bits per heavy atom. The Morgan fingerprint density at radius 3 is 2.33 bits per heavy atom. The molecule has 5 aliphatic carbocycles. The number of hydrogen-bond donors (Lipinski definition) is 1. The lowest BCUT2D eigenvalue weighted by molar-refractivity contribution is -0.00523. The summed E-state index contributed by atoms with van der Waals surface area (Å²) in [5, 5.41) is 3.89. The third kappa shape index (κ3) is 3.04. The highest BCUT2D eigenvalue weighted by molar-refractivity contribution is 5.89. The number of ether oxygens (including phenoxy) is 1. The van der Waals surface area contributed by atoms with Crippen LogP contribution in [-0.2, 0) is 10.2 Å². The van der Waals surface area contributed by atoms with Crippen molar-refractivity contribution in [2.24, 2.45) is 23.7 Å². The van der Waals surface area contributed by atoms with Crippen LogP contribution in [0, 0.1) is 23.7 Å². The lowest BCUT2D eigenvalue weighted by Gasteiger charge is -2.57. The number of methoxy groups -OCH3 is 1. The van der Waals surface area contributed by atoms with Crippen LogP contribution in [0.5, 0.6) is 0 Å². The Morgan fingerprint density at radius 1 is 0.970 bits per heavy atom. The van der Waals surface area contributed by atoms with Gasteiger partial charge in [-0.2, -0.15) is 0 Å². The second kappa shape index (κ2) is 7.22. The van der Waals surface area contributed by atoms with Crippen LogP contribution in [0.3, 0.4) is 0 Å². The fraction of sp³-hybridized carbons (Fsp3) is 0.500. The number of benzene rings is 2. The molecule has 1 N–H and O–H groups in total. The molecule has 0 aromatic heterocycles. The van der Waals surface area contributed by atoms with E-state index in [-0.39, 0.29) is 12.0 Å². The zero-order valence-electron chi connectivity index (χ0n) is 19.4. The van der Waals surface area contributed by atoms with Crippen molar-refractivity contribution in [3.8, 4) is 0 Å². The van der Waals surface area contributed by atoms with E-state index in [9.17, 15) is 4.79 Å². The fourth-order valence-corrected chi connectivity index (χ4v) is 8.66. The van der Waals surface area contributed by atoms with E-state index in [1.54, 1.807) is 5.56 Å². The van der Waals surface area contributed by atoms with Gasteiger partial charge in [-0.15, -0.1) is 0 Å². The summed E-state index contributed by atoms with van der Waals surface area (Å²) >= 11 is 0. The van der Waals surface area contributed by atoms with Gasteiger partial charge in [0.2, 0.25) is 0 Å². The molecule has 4 saturated carbocycles. The van der Waals surface area contributed by atoms with Gasteiger partial charge in [0, 0.05) is 11.6 Å². The summed E-state index contributed by atoms with van der Waals surface area (Å²) in [6, 6.07) is 15.7. The quantitative estimate of drug-likeness (QED) is 0.424. The zero-order chi connectivity index (χ0) is 22.2. The zero-order valence-corrected chi connectivity index (χ0v) is 19.4. The smallest absolute Gasteiger partial charge is 0.337 e. The van der Waals surface area contributed by atoms with E-state index in [1.807, 2.05) is 12.1 Å². The van der Waals surface area contributed by atoms with E-state index in [0.29, 0.717) is 22.8 Å². The summed E-state index contributed by atoms with van der Waals surface area (Å²) in [5.41, 5.74) is 6.73. The Balaban J connectivity index is 1.22. The molecule has 3 nitrogen and oxygen atoms in total. The first kappa shape index (κ1) is 19.9. The second-order valence-corrected chi connectivity index (χ2v) is 11.6. The van der Waals surface area contributed by atoms with Gasteiger partial charge >= 0.3 is 5.97 Å². The lowest BCUT2D eigenvalue weighted by atomic mass is 9.48. The number of carbonyl (C=O) groups excluding carboxylic acids is 1. The average Bonchev–Trinajstić information content (AvgIpc) is 3.32. The highest BCUT2D eigenvalue weighted by atomic mass is 16.5. The summed E-state index contributed by atoms with van der Waals surface area (Å²) in [6.45, 7) is 0. The molecule has 1 aliphatic heterocycles. The predicted octanol–water partition coefficient (Wildman–Crippen LogP) is 6.77. The molecule has 4 bridgehead atoms. The molecule has 3 heteroatoms. The first-order valence-electron chi connectivity index (χ1n) is 12.9. The fourth-order valence-electron chi connectivity index (χ4n) is 8.66. The number of rotatable bonds is 3. The average molecular weight is 440 g/mol. The van der Waals surface area contributed by atoms with Gasteiger partial charge < -0.3 is 10.1 Å². The molecule has 3 atom stereocenters. The van der Waals surface area contributed by atoms with Crippen LogP contribution in [0.25, 0.3) is 0 Å². The SMILES string of the molecule is COC(=O)c1ccc([C@@H]2Nc3ccc(C45CC6CC(CC(C6)C4)C5)cc3[C@@H]3C=CC[C@@H]32)cc1. The van der Waals surface area contributed by atoms with Crippen LogP contribution < -0.4 is 5.32 Å². The molecule has 4 fully saturated rings. The third-order valence-corrected chi connectivity index (χ3v) is 9.70. The standard InChI is InChI=1S/C30H33NO2/c1-33-29(32)22-7-5-21(6-8-22)28-25-4-2-3-24(25)26-14-23(9-10-27(26)31-28)30-15-18-11-19(16-30)13-20(12-18)17-30/h2-3,5-10,14,18-20,24-25,28,31H,4,11-13,15-17H2,1H3/t18?,19?,20?,24-,25+,28+,30?/m1/s1. The number of carbonyl (C=O) groups is 1. The summed E-state index contributed by atoms with van der Waals surface area (Å²) in [6.07, 6.45) is 14.7. The van der Waals surface area contributed by atoms with Crippen molar-refractivity contribution in [2.75, 3.05) is 12.4 Å². The van der Waals surface area contributed by atoms with Crippen molar-refractivity contribution in [3.63, 3.8) is 0 Å². The van der Waals surface area contributed by atoms with E-state index < -0.39 is 0 Å². The van der Waals surface area contributed by atoms with Crippen molar-refractivity contribution in [1.82, 2.24) is 0 Å². The van der Waals surface area contributed by atoms with Gasteiger partial charge in [0.1, 0.15) is 0 Å². The van der Waals surface area contributed by atoms with E-state index in [1.165, 1.54) is 62.4 Å². The Labute approximate surface area is 196 Å². The normalized spacial score (nSPS) is 37.4. The van der Waals surface area contributed by atoms with Crippen LogP contribution >= 0.6 is 0 Å². The maximum absolute atomic E-state index is 11.9. The van der Waals surface area contributed by atoms with Gasteiger partial charge in [-0.1, -0.05) is 36.4 Å². The molecular formula is C30H33NO2. The summed E-state index contributed by atoms with van der Waals surface area (Å²) < 4.78 is 4.87. The minimum absolute atomic E-state index is 0.259. The molecule has 1 heterocycles. The number of allylic oxidation sites excluding steroid dienone is 2. The van der Waals surface area contributed by atoms with E-state index in [4.69, 9.17) is 4.74 Å². The van der Waals surface area contributed by atoms with Gasteiger partial charge in [0.05, 0.1) is 18.7 Å². The maximum atomic E-state index is 11.9. The Bertz CT molecular complexity index is 1100. The van der Waals surface area contributed by atoms with Crippen molar-refractivity contribution >= 4 is 11.7 Å². The number of fused-ring (bicyclic) bond motifs is 3. The first-order chi connectivity index (χ1) is 16.1. The molecule has 0 spiro atoms. The van der Waals surface area contributed by atoms with Crippen LogP contribution in [0.2, 0.25) is 0 Å². The lowest BCUT2D eigenvalue weighted by Crippen LogP contribution is -2.48. The van der Waals surface area contributed by atoms with Crippen LogP contribution in [0.15, 0.2) is 54.6 Å². The molecule has 0 unspecified atom stereocenters. The number of anilines is 1. The van der Waals surface area contributed by atoms with E-state index in [0.717, 1.165) is 24.2 Å². The van der Waals surface area contributed by atoms with Crippen LogP contribution in [0.4, 0.5) is 5.69 Å². The molecule has 2 aromatic carbocycles. The summed E-state index contributed by atoms with van der Waals surface area (Å²) in [4.78, 5) is 11.9. The largest absolute Gasteiger partial charge is 0.465 e. The molecule has 0 amide bonds. The van der Waals surface area contributed by atoms with E-state index >= 15 is 0 Å². The summed E-state index contributed by atoms with van der Waals surface area (Å²) in [7, 11) is 1.43. The molecule has 6 aliphatic rings. The van der Waals surface area contributed by atoms with Gasteiger partial charge in [-0.25, -0.2) is 4.79 Å². The van der Waals surface area contributed by atoms with Crippen molar-refractivity contribution < 1.29 is 9.53 Å². The number of hydrogen-bond acceptors (Lipinski definition) is 3. The Kier molecular flexibility index (Phi) is 4.35. The Hall–Kier alpha value is -2.55. The molecular weight excluding hydrogens is 406 g/mol. The second-order valence-electron chi connectivity index (χ2n) is 11.6. The molecule has 170 valence electrons. The molecule has 2 aromatic rings. The van der Waals surface area contributed by atoms with Crippen molar-refractivity contribution in [3.05, 3.63) is 76.9 Å². The molecule has 8 rings (SSSR count). The predicted molar refractivity (Wildman–Crippen MR) is 130 cm³/mol. The highest BCUT2D eigenvalue weighted by Gasteiger charge is 2.52. The van der Waals surface area contributed by atoms with Gasteiger partial charge in [0.15, 0.2) is 0 Å². The van der Waals surface area contributed by atoms with Gasteiger partial charge in [0.25, 0.3) is 0 Å². The third-order valence-electron chi connectivity index (χ3n) is 9.70. The monoisotopic (exact) mass is 439 g/mol. The topological polar surface area (TPSA) is 38.3 Å². The van der Waals surface area contributed by atoms with Gasteiger partial charge in [-0.05, 0) is 109 Å². The molecule has 0 radical (unpaired) electrons. The van der Waals surface area contributed by atoms with Gasteiger partial charge in [-0.3, -0.25) is 0 Å². The minimum Gasteiger partial charge on any atom is -0.465 e. The first-order valence-corrected chi connectivity index (χ1v) is 12.9. The van der Waals surface area contributed by atoms with Crippen molar-refractivity contribution in [2.45, 2.75) is 62.3 Å². The molecule has 33 heavy (non-hydrogen) atoms. The van der Waals surface area contributed by atoms with E-state index in [2.05, 4.69) is 47.8 Å². The van der Waals surface area contributed by atoms with Crippen LogP contribution in [-0.4, -0.2) is 13.1 Å². The van der Waals surface area contributed by atoms with Crippen LogP contribution in [0.1, 0.15) is 84.0 Å². The summed E-state index contributed by atoms with van der Waals surface area (Å²) in [5.74, 6) is 3.64. The number of esters is 1.